The van der Waals surface area contributed by atoms with E-state index in [1.165, 1.54) is 19.1 Å². The summed E-state index contributed by atoms with van der Waals surface area (Å²) in [7, 11) is 0. The number of H-pyrrole nitrogens is 2. The summed E-state index contributed by atoms with van der Waals surface area (Å²) >= 11 is 4.62. The number of aromatic amines is 2. The summed E-state index contributed by atoms with van der Waals surface area (Å²) in [5.74, 6) is -0.567. The van der Waals surface area contributed by atoms with Crippen molar-refractivity contribution in [3.63, 3.8) is 0 Å². The van der Waals surface area contributed by atoms with Gasteiger partial charge in [0.15, 0.2) is 10.6 Å². The Kier molecular flexibility index (Phi) is 2.98. The largest absolute Gasteiger partial charge is 0.494 e. The number of nitrogens with one attached hydrogen (secondary N) is 2. The highest BCUT2D eigenvalue weighted by molar-refractivity contribution is 7.71. The minimum Gasteiger partial charge on any atom is -0.494 e. The molecule has 0 aliphatic rings. The predicted molar refractivity (Wildman–Crippen MR) is 53.6 cm³/mol. The zero-order valence-corrected chi connectivity index (χ0v) is 8.14. The van der Waals surface area contributed by atoms with Crippen molar-refractivity contribution in [2.75, 3.05) is 0 Å². The van der Waals surface area contributed by atoms with Crippen LogP contribution in [0.15, 0.2) is 10.9 Å². The number of ketones is 1. The maximum atomic E-state index is 11.2. The molecule has 5 nitrogen and oxygen atoms in total. The van der Waals surface area contributed by atoms with E-state index in [4.69, 9.17) is 0 Å². The van der Waals surface area contributed by atoms with Gasteiger partial charge in [-0.25, -0.2) is 0 Å². The first-order chi connectivity index (χ1) is 6.50. The van der Waals surface area contributed by atoms with E-state index in [1.807, 2.05) is 0 Å². The van der Waals surface area contributed by atoms with Gasteiger partial charge in [-0.2, -0.15) is 0 Å². The third kappa shape index (κ3) is 2.40. The van der Waals surface area contributed by atoms with Gasteiger partial charge in [0.25, 0.3) is 5.56 Å². The van der Waals surface area contributed by atoms with Crippen molar-refractivity contribution in [1.29, 1.82) is 0 Å². The van der Waals surface area contributed by atoms with E-state index >= 15 is 0 Å². The Morgan fingerprint density at radius 3 is 2.64 bits per heavy atom. The number of rotatable bonds is 2. The SMILES string of the molecule is CC(=O)/C=C/c1c(O)[nH]c(=S)[nH]c1=O. The van der Waals surface area contributed by atoms with Crippen molar-refractivity contribution in [2.24, 2.45) is 0 Å². The Balaban J connectivity index is 3.29. The molecule has 74 valence electrons. The number of carbonyl (C=O) groups is 1. The number of hydrogen-bond acceptors (Lipinski definition) is 4. The Morgan fingerprint density at radius 1 is 1.50 bits per heavy atom. The zero-order chi connectivity index (χ0) is 10.7. The van der Waals surface area contributed by atoms with Crippen LogP contribution in [0, 0.1) is 4.77 Å². The fourth-order valence-electron chi connectivity index (χ4n) is 0.839. The van der Waals surface area contributed by atoms with Gasteiger partial charge < -0.3 is 10.1 Å². The van der Waals surface area contributed by atoms with Crippen LogP contribution in [0.3, 0.4) is 0 Å². The molecule has 0 bridgehead atoms. The molecular weight excluding hydrogens is 204 g/mol. The van der Waals surface area contributed by atoms with Crippen LogP contribution in [0.5, 0.6) is 5.88 Å². The van der Waals surface area contributed by atoms with Crippen LogP contribution in [-0.2, 0) is 4.79 Å². The second kappa shape index (κ2) is 4.01. The summed E-state index contributed by atoms with van der Waals surface area (Å²) in [5.41, 5.74) is -0.558. The zero-order valence-electron chi connectivity index (χ0n) is 7.33. The van der Waals surface area contributed by atoms with Crippen molar-refractivity contribution in [1.82, 2.24) is 9.97 Å². The van der Waals surface area contributed by atoms with Gasteiger partial charge in [0.2, 0.25) is 5.88 Å². The van der Waals surface area contributed by atoms with Crippen LogP contribution in [0.2, 0.25) is 0 Å². The first kappa shape index (κ1) is 10.4. The number of carbonyl (C=O) groups excluding carboxylic acids is 1. The van der Waals surface area contributed by atoms with Crippen molar-refractivity contribution in [3.05, 3.63) is 26.8 Å². The fourth-order valence-corrected chi connectivity index (χ4v) is 1.03. The third-order valence-corrected chi connectivity index (χ3v) is 1.65. The molecular formula is C8H8N2O3S. The number of aromatic nitrogens is 2. The van der Waals surface area contributed by atoms with Crippen LogP contribution in [0.4, 0.5) is 0 Å². The fraction of sp³-hybridized carbons (Fsp3) is 0.125. The molecule has 14 heavy (non-hydrogen) atoms. The number of aromatic hydroxyl groups is 1. The molecule has 6 heteroatoms. The maximum absolute atomic E-state index is 11.2. The molecule has 0 saturated heterocycles. The molecule has 0 saturated carbocycles. The van der Waals surface area contributed by atoms with Crippen molar-refractivity contribution >= 4 is 24.1 Å². The molecule has 0 spiro atoms. The topological polar surface area (TPSA) is 85.9 Å². The van der Waals surface area contributed by atoms with Gasteiger partial charge in [0, 0.05) is 0 Å². The highest BCUT2D eigenvalue weighted by Crippen LogP contribution is 2.08. The molecule has 0 atom stereocenters. The quantitative estimate of drug-likeness (QED) is 0.498. The molecule has 0 radical (unpaired) electrons. The monoisotopic (exact) mass is 212 g/mol. The number of allylic oxidation sites excluding steroid dienone is 1. The highest BCUT2D eigenvalue weighted by atomic mass is 32.1. The van der Waals surface area contributed by atoms with E-state index < -0.39 is 5.56 Å². The second-order valence-corrected chi connectivity index (χ2v) is 3.02. The molecule has 0 unspecified atom stereocenters. The summed E-state index contributed by atoms with van der Waals surface area (Å²) in [4.78, 5) is 26.4. The van der Waals surface area contributed by atoms with Crippen LogP contribution in [0.1, 0.15) is 12.5 Å². The Morgan fingerprint density at radius 2 is 2.14 bits per heavy atom. The molecule has 0 amide bonds. The average Bonchev–Trinajstić information content (AvgIpc) is 2.01. The van der Waals surface area contributed by atoms with E-state index in [9.17, 15) is 14.7 Å². The minimum absolute atomic E-state index is 0.0196. The van der Waals surface area contributed by atoms with Gasteiger partial charge in [-0.1, -0.05) is 0 Å². The van der Waals surface area contributed by atoms with Crippen LogP contribution >= 0.6 is 12.2 Å². The lowest BCUT2D eigenvalue weighted by molar-refractivity contribution is -0.112. The Bertz CT molecular complexity index is 498. The molecule has 1 heterocycles. The van der Waals surface area contributed by atoms with E-state index in [1.54, 1.807) is 0 Å². The lowest BCUT2D eigenvalue weighted by Crippen LogP contribution is -2.10. The second-order valence-electron chi connectivity index (χ2n) is 2.61. The molecule has 0 aliphatic carbocycles. The highest BCUT2D eigenvalue weighted by Gasteiger charge is 2.02. The van der Waals surface area contributed by atoms with E-state index in [2.05, 4.69) is 22.2 Å². The lowest BCUT2D eigenvalue weighted by Gasteiger charge is -1.96. The van der Waals surface area contributed by atoms with Gasteiger partial charge in [-0.05, 0) is 31.3 Å². The lowest BCUT2D eigenvalue weighted by atomic mass is 10.2. The summed E-state index contributed by atoms with van der Waals surface area (Å²) in [6.45, 7) is 1.34. The predicted octanol–water partition coefficient (Wildman–Crippen LogP) is 0.740. The van der Waals surface area contributed by atoms with Gasteiger partial charge >= 0.3 is 0 Å². The van der Waals surface area contributed by atoms with Gasteiger partial charge in [0.1, 0.15) is 0 Å². The van der Waals surface area contributed by atoms with E-state index in [-0.39, 0.29) is 22.0 Å². The third-order valence-electron chi connectivity index (χ3n) is 1.44. The molecule has 3 N–H and O–H groups in total. The standard InChI is InChI=1S/C8H8N2O3S/c1-4(11)2-3-5-6(12)9-8(14)10-7(5)13/h2-3H,1H3,(H3,9,10,12,13,14)/b3-2+. The van der Waals surface area contributed by atoms with Gasteiger partial charge in [-0.3, -0.25) is 14.6 Å². The summed E-state index contributed by atoms with van der Waals surface area (Å²) < 4.78 is 0.0347. The molecule has 0 aliphatic heterocycles. The smallest absolute Gasteiger partial charge is 0.262 e. The Hall–Kier alpha value is -1.69. The van der Waals surface area contributed by atoms with Gasteiger partial charge in [-0.15, -0.1) is 0 Å². The van der Waals surface area contributed by atoms with Crippen LogP contribution in [-0.4, -0.2) is 20.9 Å². The normalized spacial score (nSPS) is 10.6. The molecule has 0 fully saturated rings. The summed E-state index contributed by atoms with van der Waals surface area (Å²) in [6, 6.07) is 0. The van der Waals surface area contributed by atoms with Crippen LogP contribution in [0.25, 0.3) is 6.08 Å². The molecule has 1 aromatic heterocycles. The first-order valence-corrected chi connectivity index (χ1v) is 4.15. The van der Waals surface area contributed by atoms with Crippen molar-refractivity contribution < 1.29 is 9.90 Å². The van der Waals surface area contributed by atoms with Crippen molar-refractivity contribution in [3.8, 4) is 5.88 Å². The first-order valence-electron chi connectivity index (χ1n) is 3.75. The minimum atomic E-state index is -0.538. The Labute approximate surface area is 84.1 Å². The van der Waals surface area contributed by atoms with Gasteiger partial charge in [0.05, 0.1) is 5.56 Å². The van der Waals surface area contributed by atoms with Crippen LogP contribution < -0.4 is 5.56 Å². The molecule has 1 aromatic rings. The summed E-state index contributed by atoms with van der Waals surface area (Å²) in [5, 5.41) is 9.28. The van der Waals surface area contributed by atoms with E-state index in [0.29, 0.717) is 0 Å². The number of hydrogen-bond donors (Lipinski definition) is 3. The average molecular weight is 212 g/mol. The summed E-state index contributed by atoms with van der Waals surface area (Å²) in [6.07, 6.45) is 2.41. The maximum Gasteiger partial charge on any atom is 0.262 e. The molecule has 0 aromatic carbocycles. The van der Waals surface area contributed by atoms with E-state index in [0.717, 1.165) is 0 Å². The van der Waals surface area contributed by atoms with Crippen molar-refractivity contribution in [2.45, 2.75) is 6.92 Å². The molecule has 1 rings (SSSR count).